The molecule has 1 aromatic carbocycles. The van der Waals surface area contributed by atoms with Crippen LogP contribution in [-0.4, -0.2) is 32.2 Å². The quantitative estimate of drug-likeness (QED) is 0.840. The average Bonchev–Trinajstić information content (AvgIpc) is 2.44. The molecule has 0 aliphatic carbocycles. The number of pyridine rings is 1. The highest BCUT2D eigenvalue weighted by Crippen LogP contribution is 2.27. The molecule has 0 saturated heterocycles. The first kappa shape index (κ1) is 12.2. The second-order valence-electron chi connectivity index (χ2n) is 3.68. The molecule has 5 nitrogen and oxygen atoms in total. The van der Waals surface area contributed by atoms with Gasteiger partial charge in [0, 0.05) is 12.4 Å². The summed E-state index contributed by atoms with van der Waals surface area (Å²) in [4.78, 5) is 15.9. The number of nitrogens with one attached hydrogen (secondary N) is 1. The predicted molar refractivity (Wildman–Crippen MR) is 69.2 cm³/mol. The van der Waals surface area contributed by atoms with E-state index in [1.54, 1.807) is 26.3 Å². The molecule has 0 spiro atoms. The number of benzene rings is 1. The van der Waals surface area contributed by atoms with Crippen molar-refractivity contribution in [1.29, 1.82) is 0 Å². The van der Waals surface area contributed by atoms with Gasteiger partial charge in [-0.1, -0.05) is 0 Å². The van der Waals surface area contributed by atoms with Gasteiger partial charge in [0.25, 0.3) is 0 Å². The zero-order chi connectivity index (χ0) is 13.1. The Kier molecular flexibility index (Phi) is 3.32. The van der Waals surface area contributed by atoms with E-state index in [0.29, 0.717) is 16.8 Å². The number of hydrogen-bond donors (Lipinski definition) is 1. The van der Waals surface area contributed by atoms with Crippen molar-refractivity contribution in [1.82, 2.24) is 4.98 Å². The fraction of sp³-hybridized carbons (Fsp3) is 0.231. The molecule has 0 bridgehead atoms. The van der Waals surface area contributed by atoms with Crippen molar-refractivity contribution in [2.75, 3.05) is 26.6 Å². The summed E-state index contributed by atoms with van der Waals surface area (Å²) in [6.45, 7) is 0. The van der Waals surface area contributed by atoms with Crippen LogP contribution in [0.4, 0.5) is 5.82 Å². The van der Waals surface area contributed by atoms with Gasteiger partial charge in [-0.3, -0.25) is 0 Å². The molecule has 0 aliphatic heterocycles. The van der Waals surface area contributed by atoms with Crippen molar-refractivity contribution in [3.8, 4) is 5.75 Å². The Labute approximate surface area is 105 Å². The third-order valence-corrected chi connectivity index (χ3v) is 2.67. The maximum absolute atomic E-state index is 11.6. The lowest BCUT2D eigenvalue weighted by Gasteiger charge is -2.09. The number of anilines is 1. The zero-order valence-electron chi connectivity index (χ0n) is 10.5. The van der Waals surface area contributed by atoms with Gasteiger partial charge in [-0.15, -0.1) is 0 Å². The van der Waals surface area contributed by atoms with Crippen LogP contribution in [0.15, 0.2) is 24.3 Å². The Morgan fingerprint density at radius 3 is 2.67 bits per heavy atom. The molecule has 1 heterocycles. The second-order valence-corrected chi connectivity index (χ2v) is 3.68. The topological polar surface area (TPSA) is 60.5 Å². The molecule has 0 saturated carbocycles. The van der Waals surface area contributed by atoms with Crippen LogP contribution < -0.4 is 10.1 Å². The summed E-state index contributed by atoms with van der Waals surface area (Å²) in [6.07, 6.45) is 0. The summed E-state index contributed by atoms with van der Waals surface area (Å²) >= 11 is 0. The highest BCUT2D eigenvalue weighted by molar-refractivity contribution is 5.97. The molecule has 0 aliphatic rings. The van der Waals surface area contributed by atoms with Gasteiger partial charge in [-0.05, 0) is 24.3 Å². The van der Waals surface area contributed by atoms with Crippen molar-refractivity contribution in [2.45, 2.75) is 0 Å². The first-order valence-corrected chi connectivity index (χ1v) is 5.44. The molecule has 2 aromatic rings. The Morgan fingerprint density at radius 2 is 2.06 bits per heavy atom. The SMILES string of the molecule is CNc1ccc2c(OC)cc(C(=O)OC)cc2n1. The predicted octanol–water partition coefficient (Wildman–Crippen LogP) is 2.07. The first-order chi connectivity index (χ1) is 8.69. The minimum Gasteiger partial charge on any atom is -0.496 e. The van der Waals surface area contributed by atoms with Crippen molar-refractivity contribution >= 4 is 22.7 Å². The van der Waals surface area contributed by atoms with E-state index >= 15 is 0 Å². The summed E-state index contributed by atoms with van der Waals surface area (Å²) in [5.74, 6) is 0.918. The molecule has 1 aromatic heterocycles. The minimum absolute atomic E-state index is 0.410. The Bertz CT molecular complexity index is 596. The number of fused-ring (bicyclic) bond motifs is 1. The number of aromatic nitrogens is 1. The van der Waals surface area contributed by atoms with Crippen LogP contribution in [-0.2, 0) is 4.74 Å². The number of methoxy groups -OCH3 is 2. The maximum Gasteiger partial charge on any atom is 0.338 e. The normalized spacial score (nSPS) is 10.2. The van der Waals surface area contributed by atoms with Crippen LogP contribution in [0.2, 0.25) is 0 Å². The number of carbonyl (C=O) groups is 1. The van der Waals surface area contributed by atoms with Gasteiger partial charge in [0.05, 0.1) is 25.3 Å². The highest BCUT2D eigenvalue weighted by Gasteiger charge is 2.12. The van der Waals surface area contributed by atoms with Gasteiger partial charge in [0.2, 0.25) is 0 Å². The average molecular weight is 246 g/mol. The Morgan fingerprint density at radius 1 is 1.28 bits per heavy atom. The number of esters is 1. The summed E-state index contributed by atoms with van der Waals surface area (Å²) in [5.41, 5.74) is 1.10. The van der Waals surface area contributed by atoms with Crippen molar-refractivity contribution in [3.63, 3.8) is 0 Å². The summed E-state index contributed by atoms with van der Waals surface area (Å²) in [7, 11) is 4.69. The number of nitrogens with zero attached hydrogens (tertiary/aromatic N) is 1. The van der Waals surface area contributed by atoms with E-state index in [2.05, 4.69) is 10.3 Å². The monoisotopic (exact) mass is 246 g/mol. The molecule has 0 fully saturated rings. The molecule has 5 heteroatoms. The molecule has 94 valence electrons. The van der Waals surface area contributed by atoms with Crippen molar-refractivity contribution < 1.29 is 14.3 Å². The van der Waals surface area contributed by atoms with Crippen LogP contribution in [0.5, 0.6) is 5.75 Å². The molecule has 0 amide bonds. The van der Waals surface area contributed by atoms with E-state index in [0.717, 1.165) is 11.2 Å². The molecule has 2 rings (SSSR count). The molecule has 1 N–H and O–H groups in total. The van der Waals surface area contributed by atoms with Gasteiger partial charge < -0.3 is 14.8 Å². The standard InChI is InChI=1S/C13H14N2O3/c1-14-12-5-4-9-10(15-12)6-8(13(16)18-3)7-11(9)17-2/h4-7H,1-3H3,(H,14,15). The van der Waals surface area contributed by atoms with Crippen molar-refractivity contribution in [2.24, 2.45) is 0 Å². The van der Waals surface area contributed by atoms with E-state index in [-0.39, 0.29) is 0 Å². The number of hydrogen-bond acceptors (Lipinski definition) is 5. The molecular weight excluding hydrogens is 232 g/mol. The van der Waals surface area contributed by atoms with Gasteiger partial charge in [0.15, 0.2) is 0 Å². The van der Waals surface area contributed by atoms with Gasteiger partial charge in [0.1, 0.15) is 11.6 Å². The van der Waals surface area contributed by atoms with Crippen LogP contribution in [0.25, 0.3) is 10.9 Å². The van der Waals surface area contributed by atoms with Gasteiger partial charge >= 0.3 is 5.97 Å². The highest BCUT2D eigenvalue weighted by atomic mass is 16.5. The van der Waals surface area contributed by atoms with E-state index in [4.69, 9.17) is 9.47 Å². The third-order valence-electron chi connectivity index (χ3n) is 2.67. The number of ether oxygens (including phenoxy) is 2. The van der Waals surface area contributed by atoms with E-state index in [1.165, 1.54) is 7.11 Å². The molecule has 0 radical (unpaired) electrons. The van der Waals surface area contributed by atoms with Crippen LogP contribution in [0.3, 0.4) is 0 Å². The second kappa shape index (κ2) is 4.91. The number of rotatable bonds is 3. The zero-order valence-corrected chi connectivity index (χ0v) is 10.5. The van der Waals surface area contributed by atoms with Crippen LogP contribution >= 0.6 is 0 Å². The summed E-state index contributed by atoms with van der Waals surface area (Å²) in [6, 6.07) is 7.08. The Hall–Kier alpha value is -2.30. The lowest BCUT2D eigenvalue weighted by molar-refractivity contribution is 0.0600. The summed E-state index contributed by atoms with van der Waals surface area (Å²) in [5, 5.41) is 3.80. The molecule has 18 heavy (non-hydrogen) atoms. The first-order valence-electron chi connectivity index (χ1n) is 5.44. The van der Waals surface area contributed by atoms with Crippen LogP contribution in [0.1, 0.15) is 10.4 Å². The fourth-order valence-corrected chi connectivity index (χ4v) is 1.75. The van der Waals surface area contributed by atoms with Crippen LogP contribution in [0, 0.1) is 0 Å². The smallest absolute Gasteiger partial charge is 0.338 e. The van der Waals surface area contributed by atoms with E-state index in [9.17, 15) is 4.79 Å². The largest absolute Gasteiger partial charge is 0.496 e. The van der Waals surface area contributed by atoms with Gasteiger partial charge in [-0.2, -0.15) is 0 Å². The minimum atomic E-state index is -0.410. The lowest BCUT2D eigenvalue weighted by atomic mass is 10.1. The maximum atomic E-state index is 11.6. The molecule has 0 atom stereocenters. The summed E-state index contributed by atoms with van der Waals surface area (Å²) < 4.78 is 9.97. The third kappa shape index (κ3) is 2.07. The van der Waals surface area contributed by atoms with E-state index < -0.39 is 5.97 Å². The molecular formula is C13H14N2O3. The van der Waals surface area contributed by atoms with Crippen molar-refractivity contribution in [3.05, 3.63) is 29.8 Å². The lowest BCUT2D eigenvalue weighted by Crippen LogP contribution is -2.02. The van der Waals surface area contributed by atoms with Gasteiger partial charge in [-0.25, -0.2) is 9.78 Å². The fourth-order valence-electron chi connectivity index (χ4n) is 1.75. The molecule has 0 unspecified atom stereocenters. The number of carbonyl (C=O) groups excluding carboxylic acids is 1. The van der Waals surface area contributed by atoms with E-state index in [1.807, 2.05) is 12.1 Å². The Balaban J connectivity index is 2.67.